The van der Waals surface area contributed by atoms with E-state index in [9.17, 15) is 5.11 Å². The molecule has 0 bridgehead atoms. The largest absolute Gasteiger partial charge is 0.386 e. The van der Waals surface area contributed by atoms with Gasteiger partial charge < -0.3 is 25.4 Å². The molecule has 1 aliphatic rings. The average Bonchev–Trinajstić information content (AvgIpc) is 2.56. The van der Waals surface area contributed by atoms with Crippen molar-refractivity contribution in [1.29, 1.82) is 0 Å². The number of nitrogens with zero attached hydrogens (tertiary/aromatic N) is 2. The van der Waals surface area contributed by atoms with Crippen molar-refractivity contribution < 1.29 is 9.84 Å². The Morgan fingerprint density at radius 2 is 2.04 bits per heavy atom. The highest BCUT2D eigenvalue weighted by atomic mass is 127. The van der Waals surface area contributed by atoms with E-state index in [2.05, 4.69) is 27.6 Å². The number of hydrogen-bond acceptors (Lipinski definition) is 4. The maximum Gasteiger partial charge on any atom is 0.191 e. The lowest BCUT2D eigenvalue weighted by Gasteiger charge is -2.30. The minimum absolute atomic E-state index is 0. The van der Waals surface area contributed by atoms with Gasteiger partial charge in [0.15, 0.2) is 5.96 Å². The highest BCUT2D eigenvalue weighted by Gasteiger charge is 2.18. The van der Waals surface area contributed by atoms with E-state index >= 15 is 0 Å². The molecule has 0 aliphatic carbocycles. The Kier molecular flexibility index (Phi) is 11.1. The lowest BCUT2D eigenvalue weighted by Crippen LogP contribution is -2.48. The van der Waals surface area contributed by atoms with Gasteiger partial charge in [-0.25, -0.2) is 0 Å². The van der Waals surface area contributed by atoms with E-state index in [1.165, 1.54) is 0 Å². The van der Waals surface area contributed by atoms with Crippen LogP contribution in [0.5, 0.6) is 0 Å². The number of guanidine groups is 1. The van der Waals surface area contributed by atoms with Crippen molar-refractivity contribution >= 4 is 53.1 Å². The molecule has 0 amide bonds. The van der Waals surface area contributed by atoms with Crippen molar-refractivity contribution in [3.63, 3.8) is 0 Å². The number of morpholine rings is 1. The van der Waals surface area contributed by atoms with Crippen LogP contribution >= 0.6 is 47.2 Å². The van der Waals surface area contributed by atoms with Gasteiger partial charge in [0.25, 0.3) is 0 Å². The molecule has 26 heavy (non-hydrogen) atoms. The molecule has 3 N–H and O–H groups in total. The second kappa shape index (κ2) is 12.2. The molecule has 0 radical (unpaired) electrons. The van der Waals surface area contributed by atoms with Crippen molar-refractivity contribution in [2.24, 2.45) is 4.99 Å². The summed E-state index contributed by atoms with van der Waals surface area (Å²) in [5.41, 5.74) is 0.648. The van der Waals surface area contributed by atoms with Crippen molar-refractivity contribution in [2.45, 2.75) is 19.1 Å². The molecular weight excluding hydrogens is 490 g/mol. The molecule has 1 saturated heterocycles. The van der Waals surface area contributed by atoms with Crippen molar-refractivity contribution in [1.82, 2.24) is 15.5 Å². The maximum absolute atomic E-state index is 10.3. The van der Waals surface area contributed by atoms with E-state index in [1.807, 2.05) is 6.92 Å². The standard InChI is InChI=1S/C17H26Cl2N4O2.HI/c1-3-20-17(21-9-15-11-23(2)4-5-25-15)22-10-16(24)12-6-13(18)8-14(19)7-12;/h6-8,15-16,24H,3-5,9-11H2,1-2H3,(H2,20,21,22);1H. The van der Waals surface area contributed by atoms with Gasteiger partial charge >= 0.3 is 0 Å². The van der Waals surface area contributed by atoms with E-state index in [4.69, 9.17) is 27.9 Å². The first-order chi connectivity index (χ1) is 12.0. The van der Waals surface area contributed by atoms with Gasteiger partial charge in [-0.15, -0.1) is 24.0 Å². The summed E-state index contributed by atoms with van der Waals surface area (Å²) in [7, 11) is 2.08. The summed E-state index contributed by atoms with van der Waals surface area (Å²) in [4.78, 5) is 6.68. The van der Waals surface area contributed by atoms with E-state index in [0.29, 0.717) is 28.1 Å². The minimum atomic E-state index is -0.774. The molecule has 0 aromatic heterocycles. The number of aliphatic hydroxyl groups is 1. The predicted molar refractivity (Wildman–Crippen MR) is 118 cm³/mol. The fraction of sp³-hybridized carbons (Fsp3) is 0.588. The Morgan fingerprint density at radius 1 is 1.35 bits per heavy atom. The second-order valence-electron chi connectivity index (χ2n) is 6.07. The molecule has 0 spiro atoms. The van der Waals surface area contributed by atoms with Crippen LogP contribution in [0.2, 0.25) is 10.0 Å². The molecule has 9 heteroatoms. The van der Waals surface area contributed by atoms with Crippen LogP contribution in [0.15, 0.2) is 23.2 Å². The number of benzene rings is 1. The molecule has 2 rings (SSSR count). The molecule has 2 unspecified atom stereocenters. The molecule has 0 saturated carbocycles. The first-order valence-corrected chi connectivity index (χ1v) is 9.20. The molecule has 2 atom stereocenters. The topological polar surface area (TPSA) is 69.1 Å². The zero-order valence-electron chi connectivity index (χ0n) is 15.0. The normalized spacial score (nSPS) is 19.6. The fourth-order valence-electron chi connectivity index (χ4n) is 2.59. The third-order valence-corrected chi connectivity index (χ3v) is 4.31. The minimum Gasteiger partial charge on any atom is -0.386 e. The Labute approximate surface area is 182 Å². The van der Waals surface area contributed by atoms with Crippen LogP contribution in [0.3, 0.4) is 0 Å². The number of hydrogen-bond donors (Lipinski definition) is 3. The summed E-state index contributed by atoms with van der Waals surface area (Å²) >= 11 is 12.0. The number of ether oxygens (including phenoxy) is 1. The first kappa shape index (κ1) is 23.7. The molecule has 1 aromatic rings. The Morgan fingerprint density at radius 3 is 2.65 bits per heavy atom. The van der Waals surface area contributed by atoms with E-state index < -0.39 is 6.10 Å². The van der Waals surface area contributed by atoms with E-state index in [-0.39, 0.29) is 36.6 Å². The smallest absolute Gasteiger partial charge is 0.191 e. The number of likely N-dealkylation sites (N-methyl/N-ethyl adjacent to an activating group) is 1. The zero-order valence-corrected chi connectivity index (χ0v) is 18.9. The lowest BCUT2D eigenvalue weighted by molar-refractivity contribution is -0.0161. The van der Waals surface area contributed by atoms with Crippen LogP contribution in [-0.2, 0) is 4.74 Å². The highest BCUT2D eigenvalue weighted by molar-refractivity contribution is 14.0. The molecule has 1 heterocycles. The number of aliphatic hydroxyl groups excluding tert-OH is 1. The van der Waals surface area contributed by atoms with Crippen LogP contribution in [0, 0.1) is 0 Å². The van der Waals surface area contributed by atoms with E-state index in [0.717, 1.165) is 26.2 Å². The van der Waals surface area contributed by atoms with Crippen molar-refractivity contribution in [3.05, 3.63) is 33.8 Å². The van der Waals surface area contributed by atoms with Gasteiger partial charge in [-0.2, -0.15) is 0 Å². The van der Waals surface area contributed by atoms with Gasteiger partial charge in [0, 0.05) is 36.2 Å². The summed E-state index contributed by atoms with van der Waals surface area (Å²) in [6.45, 7) is 6.18. The van der Waals surface area contributed by atoms with Crippen LogP contribution < -0.4 is 10.6 Å². The number of aliphatic imine (C=N–C) groups is 1. The second-order valence-corrected chi connectivity index (χ2v) is 6.95. The number of halogens is 3. The van der Waals surface area contributed by atoms with Crippen LogP contribution in [0.1, 0.15) is 18.6 Å². The zero-order chi connectivity index (χ0) is 18.2. The van der Waals surface area contributed by atoms with Crippen molar-refractivity contribution in [3.8, 4) is 0 Å². The first-order valence-electron chi connectivity index (χ1n) is 8.44. The summed E-state index contributed by atoms with van der Waals surface area (Å²) in [6.07, 6.45) is -0.650. The molecule has 6 nitrogen and oxygen atoms in total. The fourth-order valence-corrected chi connectivity index (χ4v) is 3.14. The van der Waals surface area contributed by atoms with Gasteiger partial charge in [0.05, 0.1) is 25.4 Å². The molecular formula is C17H27Cl2IN4O2. The van der Waals surface area contributed by atoms with Gasteiger partial charge in [0.2, 0.25) is 0 Å². The number of nitrogens with one attached hydrogen (secondary N) is 2. The Hall–Kier alpha value is -0.320. The van der Waals surface area contributed by atoms with Crippen LogP contribution in [0.25, 0.3) is 0 Å². The third kappa shape index (κ3) is 8.14. The average molecular weight is 517 g/mol. The summed E-state index contributed by atoms with van der Waals surface area (Å²) in [5.74, 6) is 0.645. The van der Waals surface area contributed by atoms with Gasteiger partial charge in [0.1, 0.15) is 0 Å². The summed E-state index contributed by atoms with van der Waals surface area (Å²) in [5, 5.41) is 17.8. The Bertz CT molecular complexity index is 572. The molecule has 148 valence electrons. The molecule has 1 aliphatic heterocycles. The van der Waals surface area contributed by atoms with Crippen molar-refractivity contribution in [2.75, 3.05) is 46.4 Å². The van der Waals surface area contributed by atoms with Crippen LogP contribution in [0.4, 0.5) is 0 Å². The maximum atomic E-state index is 10.3. The predicted octanol–water partition coefficient (Wildman–Crippen LogP) is 2.53. The van der Waals surface area contributed by atoms with Gasteiger partial charge in [-0.05, 0) is 37.7 Å². The summed E-state index contributed by atoms with van der Waals surface area (Å²) in [6, 6.07) is 5.02. The highest BCUT2D eigenvalue weighted by Crippen LogP contribution is 2.23. The van der Waals surface area contributed by atoms with Gasteiger partial charge in [-0.3, -0.25) is 4.99 Å². The molecule has 1 aromatic carbocycles. The summed E-state index contributed by atoms with van der Waals surface area (Å²) < 4.78 is 5.73. The SMILES string of the molecule is CCNC(=NCC(O)c1cc(Cl)cc(Cl)c1)NCC1CN(C)CCO1.I. The lowest BCUT2D eigenvalue weighted by atomic mass is 10.1. The Balaban J connectivity index is 0.00000338. The quantitative estimate of drug-likeness (QED) is 0.308. The number of rotatable bonds is 6. The van der Waals surface area contributed by atoms with Crippen LogP contribution in [-0.4, -0.2) is 68.4 Å². The molecule has 1 fully saturated rings. The van der Waals surface area contributed by atoms with E-state index in [1.54, 1.807) is 18.2 Å². The third-order valence-electron chi connectivity index (χ3n) is 3.88. The van der Waals surface area contributed by atoms with Gasteiger partial charge in [-0.1, -0.05) is 23.2 Å². The monoisotopic (exact) mass is 516 g/mol.